The zero-order chi connectivity index (χ0) is 13.8. The van der Waals surface area contributed by atoms with E-state index in [0.717, 1.165) is 11.6 Å². The molecule has 0 heterocycles. The van der Waals surface area contributed by atoms with Crippen LogP contribution in [0.4, 0.5) is 4.79 Å². The molecule has 1 aromatic rings. The zero-order valence-electron chi connectivity index (χ0n) is 9.64. The SMILES string of the molecule is C=CC(=O)NC(=O)NS(=O)(=O)c1ccc(C)cc1. The summed E-state index contributed by atoms with van der Waals surface area (Å²) in [5.41, 5.74) is 0.889. The Labute approximate surface area is 105 Å². The molecule has 2 N–H and O–H groups in total. The number of carbonyl (C=O) groups excluding carboxylic acids is 2. The molecule has 0 aliphatic heterocycles. The van der Waals surface area contributed by atoms with Crippen LogP contribution in [0.5, 0.6) is 0 Å². The van der Waals surface area contributed by atoms with Crippen LogP contribution in [0.2, 0.25) is 0 Å². The highest BCUT2D eigenvalue weighted by Crippen LogP contribution is 2.09. The van der Waals surface area contributed by atoms with Gasteiger partial charge in [0.15, 0.2) is 0 Å². The lowest BCUT2D eigenvalue weighted by Gasteiger charge is -2.06. The summed E-state index contributed by atoms with van der Waals surface area (Å²) in [6, 6.07) is 4.80. The van der Waals surface area contributed by atoms with Gasteiger partial charge in [-0.25, -0.2) is 17.9 Å². The Morgan fingerprint density at radius 1 is 1.22 bits per heavy atom. The number of amides is 3. The number of sulfonamides is 1. The summed E-state index contributed by atoms with van der Waals surface area (Å²) in [6.07, 6.45) is 0.859. The molecule has 6 nitrogen and oxygen atoms in total. The lowest BCUT2D eigenvalue weighted by atomic mass is 10.2. The van der Waals surface area contributed by atoms with Crippen molar-refractivity contribution in [1.29, 1.82) is 0 Å². The molecular weight excluding hydrogens is 256 g/mol. The number of nitrogens with one attached hydrogen (secondary N) is 2. The van der Waals surface area contributed by atoms with Gasteiger partial charge in [-0.1, -0.05) is 24.3 Å². The molecule has 0 saturated heterocycles. The molecule has 1 rings (SSSR count). The number of carbonyl (C=O) groups is 2. The predicted octanol–water partition coefficient (Wildman–Crippen LogP) is 0.696. The number of rotatable bonds is 3. The minimum Gasteiger partial charge on any atom is -0.274 e. The summed E-state index contributed by atoms with van der Waals surface area (Å²) in [4.78, 5) is 21.9. The Hall–Kier alpha value is -2.15. The third-order valence-electron chi connectivity index (χ3n) is 1.98. The van der Waals surface area contributed by atoms with Crippen LogP contribution in [-0.2, 0) is 14.8 Å². The highest BCUT2D eigenvalue weighted by Gasteiger charge is 2.17. The quantitative estimate of drug-likeness (QED) is 0.789. The van der Waals surface area contributed by atoms with E-state index >= 15 is 0 Å². The monoisotopic (exact) mass is 268 g/mol. The van der Waals surface area contributed by atoms with E-state index in [1.807, 2.05) is 0 Å². The number of hydrogen-bond donors (Lipinski definition) is 2. The Bertz CT molecular complexity index is 576. The van der Waals surface area contributed by atoms with Crippen LogP contribution in [0.15, 0.2) is 41.8 Å². The Morgan fingerprint density at radius 2 is 1.78 bits per heavy atom. The third-order valence-corrected chi connectivity index (χ3v) is 3.33. The first-order valence-electron chi connectivity index (χ1n) is 4.92. The summed E-state index contributed by atoms with van der Waals surface area (Å²) in [7, 11) is -3.98. The highest BCUT2D eigenvalue weighted by molar-refractivity contribution is 7.90. The van der Waals surface area contributed by atoms with Crippen molar-refractivity contribution < 1.29 is 18.0 Å². The van der Waals surface area contributed by atoms with Gasteiger partial charge in [0.25, 0.3) is 15.9 Å². The lowest BCUT2D eigenvalue weighted by molar-refractivity contribution is -0.115. The van der Waals surface area contributed by atoms with Gasteiger partial charge >= 0.3 is 6.03 Å². The second-order valence-electron chi connectivity index (χ2n) is 3.44. The molecule has 0 aliphatic carbocycles. The topological polar surface area (TPSA) is 92.3 Å². The van der Waals surface area contributed by atoms with Crippen LogP contribution in [0.25, 0.3) is 0 Å². The standard InChI is InChI=1S/C11H12N2O4S/c1-3-10(14)12-11(15)13-18(16,17)9-6-4-8(2)5-7-9/h3-7H,1H2,2H3,(H2,12,13,14,15). The molecule has 0 aromatic heterocycles. The predicted molar refractivity (Wildman–Crippen MR) is 65.2 cm³/mol. The smallest absolute Gasteiger partial charge is 0.274 e. The van der Waals surface area contributed by atoms with Crippen molar-refractivity contribution in [2.24, 2.45) is 0 Å². The van der Waals surface area contributed by atoms with E-state index in [0.29, 0.717) is 0 Å². The van der Waals surface area contributed by atoms with Crippen LogP contribution >= 0.6 is 0 Å². The molecule has 96 valence electrons. The van der Waals surface area contributed by atoms with E-state index in [9.17, 15) is 18.0 Å². The van der Waals surface area contributed by atoms with Crippen molar-refractivity contribution in [1.82, 2.24) is 10.0 Å². The second-order valence-corrected chi connectivity index (χ2v) is 5.12. The maximum absolute atomic E-state index is 11.7. The summed E-state index contributed by atoms with van der Waals surface area (Å²) in [5.74, 6) is -0.786. The van der Waals surface area contributed by atoms with Crippen LogP contribution in [0, 0.1) is 6.92 Å². The number of benzene rings is 1. The first-order valence-corrected chi connectivity index (χ1v) is 6.40. The van der Waals surface area contributed by atoms with E-state index in [1.54, 1.807) is 29.1 Å². The Balaban J connectivity index is 2.82. The van der Waals surface area contributed by atoms with Gasteiger partial charge in [-0.05, 0) is 25.1 Å². The summed E-state index contributed by atoms with van der Waals surface area (Å²) in [5, 5.41) is 1.78. The van der Waals surface area contributed by atoms with Crippen molar-refractivity contribution >= 4 is 22.0 Å². The van der Waals surface area contributed by atoms with Gasteiger partial charge in [0, 0.05) is 0 Å². The van der Waals surface area contributed by atoms with Crippen molar-refractivity contribution in [2.75, 3.05) is 0 Å². The van der Waals surface area contributed by atoms with Crippen molar-refractivity contribution in [3.8, 4) is 0 Å². The van der Waals surface area contributed by atoms with E-state index in [1.165, 1.54) is 12.1 Å². The van der Waals surface area contributed by atoms with Gasteiger partial charge in [-0.3, -0.25) is 10.1 Å². The summed E-state index contributed by atoms with van der Waals surface area (Å²) < 4.78 is 25.1. The average molecular weight is 268 g/mol. The molecule has 3 amide bonds. The molecule has 0 aliphatic rings. The fourth-order valence-electron chi connectivity index (χ4n) is 1.09. The minimum atomic E-state index is -3.98. The van der Waals surface area contributed by atoms with Crippen LogP contribution in [0.3, 0.4) is 0 Å². The zero-order valence-corrected chi connectivity index (χ0v) is 10.5. The average Bonchev–Trinajstić information content (AvgIpc) is 2.28. The van der Waals surface area contributed by atoms with Crippen molar-refractivity contribution in [2.45, 2.75) is 11.8 Å². The molecule has 0 bridgehead atoms. The van der Waals surface area contributed by atoms with Gasteiger partial charge in [0.05, 0.1) is 4.90 Å². The molecule has 0 atom stereocenters. The van der Waals surface area contributed by atoms with E-state index < -0.39 is 22.0 Å². The van der Waals surface area contributed by atoms with Gasteiger partial charge in [0.1, 0.15) is 0 Å². The molecule has 0 spiro atoms. The molecule has 0 unspecified atom stereocenters. The molecule has 0 fully saturated rings. The highest BCUT2D eigenvalue weighted by atomic mass is 32.2. The Kier molecular flexibility index (Phi) is 4.22. The lowest BCUT2D eigenvalue weighted by Crippen LogP contribution is -2.41. The maximum atomic E-state index is 11.7. The number of aryl methyl sites for hydroxylation is 1. The fraction of sp³-hybridized carbons (Fsp3) is 0.0909. The van der Waals surface area contributed by atoms with Gasteiger partial charge in [-0.2, -0.15) is 0 Å². The largest absolute Gasteiger partial charge is 0.335 e. The third kappa shape index (κ3) is 3.70. The van der Waals surface area contributed by atoms with Crippen molar-refractivity contribution in [3.05, 3.63) is 42.5 Å². The van der Waals surface area contributed by atoms with Crippen LogP contribution < -0.4 is 10.0 Å². The molecule has 0 saturated carbocycles. The van der Waals surface area contributed by atoms with Crippen LogP contribution in [-0.4, -0.2) is 20.4 Å². The summed E-state index contributed by atoms with van der Waals surface area (Å²) >= 11 is 0. The van der Waals surface area contributed by atoms with Crippen molar-refractivity contribution in [3.63, 3.8) is 0 Å². The molecule has 7 heteroatoms. The van der Waals surface area contributed by atoms with Crippen LogP contribution in [0.1, 0.15) is 5.56 Å². The number of hydrogen-bond acceptors (Lipinski definition) is 4. The normalized spacial score (nSPS) is 10.5. The molecule has 18 heavy (non-hydrogen) atoms. The summed E-state index contributed by atoms with van der Waals surface area (Å²) in [6.45, 7) is 4.94. The minimum absolute atomic E-state index is 0.0608. The van der Waals surface area contributed by atoms with E-state index in [4.69, 9.17) is 0 Å². The van der Waals surface area contributed by atoms with Gasteiger partial charge in [0.2, 0.25) is 0 Å². The number of urea groups is 1. The first-order chi connectivity index (χ1) is 8.35. The first kappa shape index (κ1) is 13.9. The van der Waals surface area contributed by atoms with Gasteiger partial charge in [-0.15, -0.1) is 0 Å². The molecule has 1 aromatic carbocycles. The van der Waals surface area contributed by atoms with E-state index in [-0.39, 0.29) is 4.90 Å². The van der Waals surface area contributed by atoms with E-state index in [2.05, 4.69) is 6.58 Å². The Morgan fingerprint density at radius 3 is 2.28 bits per heavy atom. The molecular formula is C11H12N2O4S. The maximum Gasteiger partial charge on any atom is 0.335 e. The second kappa shape index (κ2) is 5.46. The number of imide groups is 1. The fourth-order valence-corrected chi connectivity index (χ4v) is 1.99. The van der Waals surface area contributed by atoms with Gasteiger partial charge < -0.3 is 0 Å². The molecule has 0 radical (unpaired) electrons.